The van der Waals surface area contributed by atoms with Crippen LogP contribution in [0.2, 0.25) is 0 Å². The molecule has 0 aromatic carbocycles. The Bertz CT molecular complexity index is 403. The number of rotatable bonds is 6. The molecule has 0 saturated carbocycles. The van der Waals surface area contributed by atoms with Crippen LogP contribution in [0.15, 0.2) is 0 Å². The van der Waals surface area contributed by atoms with Crippen molar-refractivity contribution in [3.05, 3.63) is 0 Å². The van der Waals surface area contributed by atoms with Crippen LogP contribution in [0.3, 0.4) is 0 Å². The van der Waals surface area contributed by atoms with Gasteiger partial charge in [0.25, 0.3) is 5.91 Å². The zero-order valence-corrected chi connectivity index (χ0v) is 11.1. The standard InChI is InChI=1S/C10H16ClN3O5/c1-5(12)7(17)13-8-10(19,9(18)14(8)11)4-2-3-6(15)16/h5,8,19H,2-4,12H2,1H3,(H,13,17)(H,15,16)/t5-,8?,10?/m0/s1. The predicted octanol–water partition coefficient (Wildman–Crippen LogP) is -1.24. The first-order chi connectivity index (χ1) is 8.70. The number of hydrogen-bond donors (Lipinski definition) is 4. The molecule has 2 unspecified atom stereocenters. The second kappa shape index (κ2) is 5.72. The van der Waals surface area contributed by atoms with Crippen LogP contribution in [-0.4, -0.2) is 50.2 Å². The van der Waals surface area contributed by atoms with Crippen LogP contribution in [0.25, 0.3) is 0 Å². The summed E-state index contributed by atoms with van der Waals surface area (Å²) in [6, 6.07) is -0.816. The zero-order chi connectivity index (χ0) is 14.8. The van der Waals surface area contributed by atoms with Crippen molar-refractivity contribution < 1.29 is 24.6 Å². The van der Waals surface area contributed by atoms with Crippen molar-refractivity contribution in [2.45, 2.75) is 44.0 Å². The van der Waals surface area contributed by atoms with Gasteiger partial charge in [-0.15, -0.1) is 0 Å². The second-order valence-electron chi connectivity index (χ2n) is 4.49. The number of β-lactam (4-membered cyclic amide) rings is 1. The molecule has 5 N–H and O–H groups in total. The van der Waals surface area contributed by atoms with Gasteiger partial charge < -0.3 is 21.3 Å². The van der Waals surface area contributed by atoms with Gasteiger partial charge in [0.1, 0.15) is 0 Å². The highest BCUT2D eigenvalue weighted by Gasteiger charge is 2.60. The van der Waals surface area contributed by atoms with Crippen molar-refractivity contribution in [3.63, 3.8) is 0 Å². The summed E-state index contributed by atoms with van der Waals surface area (Å²) in [6.45, 7) is 1.44. The molecule has 0 aliphatic carbocycles. The van der Waals surface area contributed by atoms with Crippen molar-refractivity contribution in [1.29, 1.82) is 0 Å². The Morgan fingerprint density at radius 3 is 2.68 bits per heavy atom. The number of amides is 2. The van der Waals surface area contributed by atoms with Crippen molar-refractivity contribution in [1.82, 2.24) is 9.74 Å². The average molecular weight is 294 g/mol. The third-order valence-corrected chi connectivity index (χ3v) is 3.23. The van der Waals surface area contributed by atoms with Crippen LogP contribution in [0.5, 0.6) is 0 Å². The van der Waals surface area contributed by atoms with E-state index in [2.05, 4.69) is 5.32 Å². The van der Waals surface area contributed by atoms with Crippen molar-refractivity contribution in [2.24, 2.45) is 5.73 Å². The predicted molar refractivity (Wildman–Crippen MR) is 64.7 cm³/mol. The fourth-order valence-corrected chi connectivity index (χ4v) is 2.09. The number of carbonyl (C=O) groups excluding carboxylic acids is 2. The maximum atomic E-state index is 11.5. The minimum atomic E-state index is -1.87. The highest BCUT2D eigenvalue weighted by atomic mass is 35.5. The molecule has 1 aliphatic heterocycles. The number of nitrogens with zero attached hydrogens (tertiary/aromatic N) is 1. The van der Waals surface area contributed by atoms with E-state index < -0.39 is 35.6 Å². The summed E-state index contributed by atoms with van der Waals surface area (Å²) in [6.07, 6.45) is -1.31. The summed E-state index contributed by atoms with van der Waals surface area (Å²) in [4.78, 5) is 33.4. The molecule has 0 bridgehead atoms. The lowest BCUT2D eigenvalue weighted by atomic mass is 9.85. The van der Waals surface area contributed by atoms with E-state index in [0.717, 1.165) is 0 Å². The van der Waals surface area contributed by atoms with E-state index in [4.69, 9.17) is 22.6 Å². The average Bonchev–Trinajstić information content (AvgIpc) is 2.33. The van der Waals surface area contributed by atoms with Crippen LogP contribution in [0.1, 0.15) is 26.2 Å². The summed E-state index contributed by atoms with van der Waals surface area (Å²) in [5.41, 5.74) is 3.48. The third-order valence-electron chi connectivity index (χ3n) is 2.88. The molecule has 1 heterocycles. The molecule has 3 atom stereocenters. The van der Waals surface area contributed by atoms with E-state index in [9.17, 15) is 19.5 Å². The normalized spacial score (nSPS) is 27.7. The first-order valence-corrected chi connectivity index (χ1v) is 6.03. The van der Waals surface area contributed by atoms with Crippen LogP contribution < -0.4 is 11.1 Å². The maximum absolute atomic E-state index is 11.5. The Morgan fingerprint density at radius 1 is 1.63 bits per heavy atom. The first-order valence-electron chi connectivity index (χ1n) is 5.69. The number of carbonyl (C=O) groups is 3. The van der Waals surface area contributed by atoms with Gasteiger partial charge >= 0.3 is 5.97 Å². The smallest absolute Gasteiger partial charge is 0.303 e. The Morgan fingerprint density at radius 2 is 2.21 bits per heavy atom. The minimum Gasteiger partial charge on any atom is -0.481 e. The molecule has 0 spiro atoms. The molecular formula is C10H16ClN3O5. The number of aliphatic carboxylic acids is 1. The number of nitrogens with one attached hydrogen (secondary N) is 1. The summed E-state index contributed by atoms with van der Waals surface area (Å²) in [5, 5.41) is 21.0. The van der Waals surface area contributed by atoms with Gasteiger partial charge in [0.05, 0.1) is 6.04 Å². The molecule has 0 aromatic heterocycles. The number of aliphatic hydroxyl groups is 1. The molecule has 1 rings (SSSR count). The Kier molecular flexibility index (Phi) is 4.72. The fourth-order valence-electron chi connectivity index (χ4n) is 1.74. The molecule has 19 heavy (non-hydrogen) atoms. The molecule has 108 valence electrons. The lowest BCUT2D eigenvalue weighted by Crippen LogP contribution is -2.76. The van der Waals surface area contributed by atoms with Crippen molar-refractivity contribution in [3.8, 4) is 0 Å². The summed E-state index contributed by atoms with van der Waals surface area (Å²) >= 11 is 5.59. The van der Waals surface area contributed by atoms with Crippen molar-refractivity contribution >= 4 is 29.6 Å². The maximum Gasteiger partial charge on any atom is 0.303 e. The van der Waals surface area contributed by atoms with E-state index in [-0.39, 0.29) is 19.3 Å². The summed E-state index contributed by atoms with van der Waals surface area (Å²) in [5.74, 6) is -2.37. The van der Waals surface area contributed by atoms with Crippen LogP contribution >= 0.6 is 11.8 Å². The van der Waals surface area contributed by atoms with E-state index in [1.807, 2.05) is 0 Å². The molecule has 0 radical (unpaired) electrons. The Balaban J connectivity index is 2.65. The van der Waals surface area contributed by atoms with Crippen LogP contribution in [0, 0.1) is 0 Å². The Labute approximate surface area is 114 Å². The molecule has 1 aliphatic rings. The molecule has 1 saturated heterocycles. The van der Waals surface area contributed by atoms with E-state index in [1.165, 1.54) is 6.92 Å². The largest absolute Gasteiger partial charge is 0.481 e. The molecular weight excluding hydrogens is 278 g/mol. The van der Waals surface area contributed by atoms with E-state index in [0.29, 0.717) is 4.42 Å². The van der Waals surface area contributed by atoms with Gasteiger partial charge in [-0.1, -0.05) is 0 Å². The van der Waals surface area contributed by atoms with Gasteiger partial charge in [-0.3, -0.25) is 14.4 Å². The molecule has 2 amide bonds. The quantitative estimate of drug-likeness (QED) is 0.357. The number of hydrogen-bond acceptors (Lipinski definition) is 5. The van der Waals surface area contributed by atoms with Gasteiger partial charge in [-0.2, -0.15) is 0 Å². The zero-order valence-electron chi connectivity index (χ0n) is 10.3. The number of carboxylic acid groups (broad SMARTS) is 1. The lowest BCUT2D eigenvalue weighted by molar-refractivity contribution is -0.184. The van der Waals surface area contributed by atoms with Crippen LogP contribution in [0.4, 0.5) is 0 Å². The number of carboxylic acids is 1. The summed E-state index contributed by atoms with van der Waals surface area (Å²) in [7, 11) is 0. The van der Waals surface area contributed by atoms with Gasteiger partial charge in [0.15, 0.2) is 11.8 Å². The number of nitrogens with two attached hydrogens (primary N) is 1. The molecule has 1 fully saturated rings. The highest BCUT2D eigenvalue weighted by Crippen LogP contribution is 2.35. The van der Waals surface area contributed by atoms with E-state index >= 15 is 0 Å². The summed E-state index contributed by atoms with van der Waals surface area (Å²) < 4.78 is 0.668. The molecule has 9 heteroatoms. The first kappa shape index (κ1) is 15.7. The SMILES string of the molecule is C[C@H](N)C(=O)NC1N(Cl)C(=O)C1(O)CCCC(=O)O. The van der Waals surface area contributed by atoms with Gasteiger partial charge in [0, 0.05) is 18.2 Å². The monoisotopic (exact) mass is 293 g/mol. The number of halogens is 1. The lowest BCUT2D eigenvalue weighted by Gasteiger charge is -2.49. The van der Waals surface area contributed by atoms with Gasteiger partial charge in [-0.25, -0.2) is 4.42 Å². The highest BCUT2D eigenvalue weighted by molar-refractivity contribution is 6.26. The topological polar surface area (TPSA) is 133 Å². The van der Waals surface area contributed by atoms with E-state index in [1.54, 1.807) is 0 Å². The molecule has 0 aromatic rings. The van der Waals surface area contributed by atoms with Crippen LogP contribution in [-0.2, 0) is 14.4 Å². The Hall–Kier alpha value is -1.38. The van der Waals surface area contributed by atoms with Crippen molar-refractivity contribution in [2.75, 3.05) is 0 Å². The van der Waals surface area contributed by atoms with Gasteiger partial charge in [-0.05, 0) is 19.8 Å². The minimum absolute atomic E-state index is 0.0901. The fraction of sp³-hybridized carbons (Fsp3) is 0.700. The third kappa shape index (κ3) is 3.14. The molecule has 8 nitrogen and oxygen atoms in total. The van der Waals surface area contributed by atoms with Gasteiger partial charge in [0.2, 0.25) is 5.91 Å². The second-order valence-corrected chi connectivity index (χ2v) is 4.85.